The first-order chi connectivity index (χ1) is 22.8. The Hall–Kier alpha value is -3.99. The molecule has 4 aromatic carbocycles. The molecule has 0 spiro atoms. The van der Waals surface area contributed by atoms with E-state index in [0.29, 0.717) is 22.9 Å². The summed E-state index contributed by atoms with van der Waals surface area (Å²) < 4.78 is 35.3. The zero-order valence-electron chi connectivity index (χ0n) is 27.9. The van der Waals surface area contributed by atoms with Gasteiger partial charge in [-0.2, -0.15) is 0 Å². The molecule has 0 aromatic heterocycles. The van der Waals surface area contributed by atoms with Gasteiger partial charge in [-0.1, -0.05) is 60.1 Å². The maximum absolute atomic E-state index is 14.7. The first-order valence-corrected chi connectivity index (χ1v) is 18.6. The van der Waals surface area contributed by atoms with Gasteiger partial charge in [-0.25, -0.2) is 8.42 Å². The first kappa shape index (κ1) is 36.8. The minimum Gasteiger partial charge on any atom is -0.494 e. The molecule has 0 radical (unpaired) electrons. The SMILES string of the molecule is CCOc1ccc(N(CC(=O)N(Cc2ccccc2Cl)C(Cc2ccccc2)C(=O)NC(C)(C)C)S(=O)(=O)c2ccc(SC)cc2)cc1. The number of hydrogen-bond acceptors (Lipinski definition) is 6. The molecule has 1 N–H and O–H groups in total. The third kappa shape index (κ3) is 9.78. The van der Waals surface area contributed by atoms with E-state index in [2.05, 4.69) is 5.32 Å². The predicted molar refractivity (Wildman–Crippen MR) is 194 cm³/mol. The summed E-state index contributed by atoms with van der Waals surface area (Å²) in [6.45, 7) is 7.31. The van der Waals surface area contributed by atoms with Crippen molar-refractivity contribution in [3.8, 4) is 5.75 Å². The standard InChI is InChI=1S/C37H42ClN3O5S2/c1-6-46-30-18-16-29(17-19-30)41(48(44,45)32-22-20-31(47-5)21-23-32)26-35(42)40(25-28-14-10-11-15-33(28)38)34(36(43)39-37(2,3)4)24-27-12-8-7-9-13-27/h7-23,34H,6,24-26H2,1-5H3,(H,39,43). The van der Waals surface area contributed by atoms with Crippen molar-refractivity contribution < 1.29 is 22.7 Å². The number of benzene rings is 4. The average molecular weight is 708 g/mol. The van der Waals surface area contributed by atoms with Crippen LogP contribution in [0.2, 0.25) is 5.02 Å². The van der Waals surface area contributed by atoms with Crippen LogP contribution in [-0.4, -0.2) is 56.1 Å². The zero-order chi connectivity index (χ0) is 34.9. The van der Waals surface area contributed by atoms with Crippen LogP contribution in [0.25, 0.3) is 0 Å². The molecule has 2 amide bonds. The van der Waals surface area contributed by atoms with Crippen LogP contribution in [-0.2, 0) is 32.6 Å². The molecule has 4 rings (SSSR count). The van der Waals surface area contributed by atoms with E-state index in [1.807, 2.05) is 64.3 Å². The third-order valence-corrected chi connectivity index (χ3v) is 10.3. The van der Waals surface area contributed by atoms with E-state index >= 15 is 0 Å². The highest BCUT2D eigenvalue weighted by Crippen LogP contribution is 2.29. The Bertz CT molecular complexity index is 1780. The van der Waals surface area contributed by atoms with Crippen molar-refractivity contribution in [1.29, 1.82) is 0 Å². The lowest BCUT2D eigenvalue weighted by molar-refractivity contribution is -0.140. The lowest BCUT2D eigenvalue weighted by atomic mass is 10.0. The molecule has 8 nitrogen and oxygen atoms in total. The molecule has 0 aliphatic carbocycles. The minimum atomic E-state index is -4.24. The molecule has 0 saturated heterocycles. The van der Waals surface area contributed by atoms with Gasteiger partial charge in [0, 0.05) is 28.4 Å². The second-order valence-electron chi connectivity index (χ2n) is 12.2. The third-order valence-electron chi connectivity index (χ3n) is 7.43. The van der Waals surface area contributed by atoms with E-state index in [-0.39, 0.29) is 29.5 Å². The molecule has 0 aliphatic heterocycles. The summed E-state index contributed by atoms with van der Waals surface area (Å²) in [5, 5.41) is 3.46. The summed E-state index contributed by atoms with van der Waals surface area (Å²) in [4.78, 5) is 31.1. The molecule has 48 heavy (non-hydrogen) atoms. The van der Waals surface area contributed by atoms with E-state index in [4.69, 9.17) is 16.3 Å². The second-order valence-corrected chi connectivity index (χ2v) is 15.3. The minimum absolute atomic E-state index is 0.0207. The van der Waals surface area contributed by atoms with Crippen LogP contribution in [0.5, 0.6) is 5.75 Å². The molecular formula is C37H42ClN3O5S2. The Kier molecular flexibility index (Phi) is 12.6. The van der Waals surface area contributed by atoms with Gasteiger partial charge in [-0.3, -0.25) is 13.9 Å². The van der Waals surface area contributed by atoms with Gasteiger partial charge in [0.25, 0.3) is 10.0 Å². The number of thioether (sulfide) groups is 1. The van der Waals surface area contributed by atoms with Crippen LogP contribution in [0.1, 0.15) is 38.8 Å². The number of nitrogens with zero attached hydrogens (tertiary/aromatic N) is 2. The molecule has 1 atom stereocenters. The van der Waals surface area contributed by atoms with Crippen molar-refractivity contribution in [2.24, 2.45) is 0 Å². The first-order valence-electron chi connectivity index (χ1n) is 15.6. The highest BCUT2D eigenvalue weighted by Gasteiger charge is 2.36. The number of anilines is 1. The van der Waals surface area contributed by atoms with Gasteiger partial charge >= 0.3 is 0 Å². The molecule has 0 bridgehead atoms. The Labute approximate surface area is 293 Å². The van der Waals surface area contributed by atoms with E-state index in [1.165, 1.54) is 28.8 Å². The van der Waals surface area contributed by atoms with Gasteiger partial charge in [0.15, 0.2) is 0 Å². The summed E-state index contributed by atoms with van der Waals surface area (Å²) in [5.74, 6) is -0.371. The summed E-state index contributed by atoms with van der Waals surface area (Å²) >= 11 is 8.08. The Morgan fingerprint density at radius 3 is 2.10 bits per heavy atom. The van der Waals surface area contributed by atoms with Crippen LogP contribution in [0.4, 0.5) is 5.69 Å². The molecule has 254 valence electrons. The molecule has 0 saturated carbocycles. The molecule has 0 aliphatic rings. The van der Waals surface area contributed by atoms with Gasteiger partial charge in [0.1, 0.15) is 18.3 Å². The molecule has 0 fully saturated rings. The summed E-state index contributed by atoms with van der Waals surface area (Å²) in [7, 11) is -4.24. The molecule has 0 heterocycles. The largest absolute Gasteiger partial charge is 0.494 e. The van der Waals surface area contributed by atoms with Crippen molar-refractivity contribution in [2.45, 2.75) is 62.0 Å². The van der Waals surface area contributed by atoms with Crippen molar-refractivity contribution in [3.05, 3.63) is 119 Å². The van der Waals surface area contributed by atoms with Crippen molar-refractivity contribution in [2.75, 3.05) is 23.7 Å². The lowest BCUT2D eigenvalue weighted by Crippen LogP contribution is -2.56. The number of ether oxygens (including phenoxy) is 1. The number of hydrogen-bond donors (Lipinski definition) is 1. The Balaban J connectivity index is 1.83. The number of nitrogens with one attached hydrogen (secondary N) is 1. The summed E-state index contributed by atoms with van der Waals surface area (Å²) in [6, 6.07) is 28.6. The topological polar surface area (TPSA) is 96.0 Å². The fraction of sp³-hybridized carbons (Fsp3) is 0.297. The van der Waals surface area contributed by atoms with Crippen LogP contribution < -0.4 is 14.4 Å². The van der Waals surface area contributed by atoms with E-state index in [1.54, 1.807) is 60.7 Å². The highest BCUT2D eigenvalue weighted by molar-refractivity contribution is 7.98. The maximum atomic E-state index is 14.7. The van der Waals surface area contributed by atoms with Crippen LogP contribution in [0, 0.1) is 0 Å². The van der Waals surface area contributed by atoms with Crippen molar-refractivity contribution in [3.63, 3.8) is 0 Å². The van der Waals surface area contributed by atoms with Gasteiger partial charge in [-0.05, 0) is 99.7 Å². The van der Waals surface area contributed by atoms with Gasteiger partial charge in [0.2, 0.25) is 11.8 Å². The quantitative estimate of drug-likeness (QED) is 0.139. The fourth-order valence-corrected chi connectivity index (χ4v) is 7.11. The number of halogens is 1. The normalized spacial score (nSPS) is 12.2. The second kappa shape index (κ2) is 16.4. The number of carbonyl (C=O) groups is 2. The zero-order valence-corrected chi connectivity index (χ0v) is 30.2. The van der Waals surface area contributed by atoms with E-state index < -0.39 is 34.1 Å². The van der Waals surface area contributed by atoms with Gasteiger partial charge < -0.3 is 15.0 Å². The average Bonchev–Trinajstić information content (AvgIpc) is 3.06. The monoisotopic (exact) mass is 707 g/mol. The van der Waals surface area contributed by atoms with Crippen LogP contribution in [0.3, 0.4) is 0 Å². The Morgan fingerprint density at radius 1 is 0.896 bits per heavy atom. The molecule has 4 aromatic rings. The maximum Gasteiger partial charge on any atom is 0.264 e. The smallest absolute Gasteiger partial charge is 0.264 e. The number of rotatable bonds is 14. The molecular weight excluding hydrogens is 666 g/mol. The van der Waals surface area contributed by atoms with Crippen molar-refractivity contribution >= 4 is 50.9 Å². The molecule has 11 heteroatoms. The van der Waals surface area contributed by atoms with Crippen LogP contribution in [0.15, 0.2) is 113 Å². The van der Waals surface area contributed by atoms with Crippen LogP contribution >= 0.6 is 23.4 Å². The van der Waals surface area contributed by atoms with Gasteiger partial charge in [0.05, 0.1) is 17.2 Å². The summed E-state index contributed by atoms with van der Waals surface area (Å²) in [5.41, 5.74) is 1.15. The predicted octanol–water partition coefficient (Wildman–Crippen LogP) is 7.21. The van der Waals surface area contributed by atoms with Gasteiger partial charge in [-0.15, -0.1) is 11.8 Å². The van der Waals surface area contributed by atoms with Crippen molar-refractivity contribution in [1.82, 2.24) is 10.2 Å². The number of sulfonamides is 1. The lowest BCUT2D eigenvalue weighted by Gasteiger charge is -2.35. The Morgan fingerprint density at radius 2 is 1.52 bits per heavy atom. The van der Waals surface area contributed by atoms with E-state index in [9.17, 15) is 18.0 Å². The molecule has 1 unspecified atom stereocenters. The fourth-order valence-electron chi connectivity index (χ4n) is 5.10. The number of carbonyl (C=O) groups excluding carboxylic acids is 2. The number of amides is 2. The van der Waals surface area contributed by atoms with E-state index in [0.717, 1.165) is 14.8 Å². The highest BCUT2D eigenvalue weighted by atomic mass is 35.5. The summed E-state index contributed by atoms with van der Waals surface area (Å²) in [6.07, 6.45) is 2.11.